The number of carbonyl (C=O) groups is 2. The lowest BCUT2D eigenvalue weighted by atomic mass is 9.55. The number of aromatic hydroxyl groups is 1. The van der Waals surface area contributed by atoms with Crippen LogP contribution in [0, 0.1) is 23.2 Å². The van der Waals surface area contributed by atoms with Crippen molar-refractivity contribution < 1.29 is 14.7 Å². The Morgan fingerprint density at radius 3 is 2.87 bits per heavy atom. The minimum absolute atomic E-state index is 0.0235. The maximum absolute atomic E-state index is 13.4. The molecule has 2 N–H and O–H groups in total. The Labute approximate surface area is 180 Å². The van der Waals surface area contributed by atoms with Crippen LogP contribution < -0.4 is 5.32 Å². The lowest BCUT2D eigenvalue weighted by Gasteiger charge is -2.48. The van der Waals surface area contributed by atoms with Crippen LogP contribution in [0.25, 0.3) is 0 Å². The number of phenolic OH excluding ortho intramolecular Hbond substituents is 1. The first kappa shape index (κ1) is 21.4. The summed E-state index contributed by atoms with van der Waals surface area (Å²) in [4.78, 5) is 27.9. The van der Waals surface area contributed by atoms with Gasteiger partial charge < -0.3 is 15.3 Å². The molecular weight excluding hydrogens is 376 g/mol. The number of rotatable bonds is 6. The first-order chi connectivity index (χ1) is 14.3. The van der Waals surface area contributed by atoms with Gasteiger partial charge in [-0.05, 0) is 100 Å². The molecule has 2 saturated carbocycles. The minimum Gasteiger partial charge on any atom is -0.508 e. The summed E-state index contributed by atoms with van der Waals surface area (Å²) in [5.41, 5.74) is 2.38. The van der Waals surface area contributed by atoms with Crippen LogP contribution in [-0.2, 0) is 16.0 Å². The highest BCUT2D eigenvalue weighted by Gasteiger charge is 2.58. The van der Waals surface area contributed by atoms with Crippen LogP contribution in [-0.4, -0.2) is 48.9 Å². The van der Waals surface area contributed by atoms with Gasteiger partial charge in [0.15, 0.2) is 0 Å². The van der Waals surface area contributed by atoms with E-state index in [1.54, 1.807) is 6.07 Å². The Balaban J connectivity index is 1.42. The van der Waals surface area contributed by atoms with Crippen LogP contribution in [0.5, 0.6) is 5.75 Å². The molecular formula is C25H36N2O3. The predicted octanol–water partition coefficient (Wildman–Crippen LogP) is 3.50. The monoisotopic (exact) mass is 412 g/mol. The van der Waals surface area contributed by atoms with Crippen molar-refractivity contribution >= 4 is 11.7 Å². The fourth-order valence-corrected chi connectivity index (χ4v) is 6.60. The van der Waals surface area contributed by atoms with Gasteiger partial charge in [0.2, 0.25) is 5.91 Å². The zero-order chi connectivity index (χ0) is 21.5. The van der Waals surface area contributed by atoms with Crippen LogP contribution in [0.2, 0.25) is 0 Å². The molecule has 0 saturated heterocycles. The van der Waals surface area contributed by atoms with E-state index in [1.807, 2.05) is 20.2 Å². The summed E-state index contributed by atoms with van der Waals surface area (Å²) in [7, 11) is 4.06. The first-order valence-corrected chi connectivity index (χ1v) is 11.6. The van der Waals surface area contributed by atoms with Crippen molar-refractivity contribution in [3.8, 4) is 5.75 Å². The number of hydrogen-bond acceptors (Lipinski definition) is 4. The molecule has 0 bridgehead atoms. The maximum atomic E-state index is 13.4. The van der Waals surface area contributed by atoms with Gasteiger partial charge in [0.1, 0.15) is 11.5 Å². The van der Waals surface area contributed by atoms with Gasteiger partial charge in [-0.15, -0.1) is 0 Å². The van der Waals surface area contributed by atoms with Crippen LogP contribution in [0.3, 0.4) is 0 Å². The molecule has 0 heterocycles. The molecule has 4 rings (SSSR count). The van der Waals surface area contributed by atoms with E-state index in [0.29, 0.717) is 42.3 Å². The quantitative estimate of drug-likeness (QED) is 0.702. The smallest absolute Gasteiger partial charge is 0.220 e. The van der Waals surface area contributed by atoms with Gasteiger partial charge in [-0.3, -0.25) is 9.59 Å². The van der Waals surface area contributed by atoms with Gasteiger partial charge in [-0.2, -0.15) is 0 Å². The van der Waals surface area contributed by atoms with Crippen molar-refractivity contribution in [3.05, 3.63) is 29.3 Å². The molecule has 5 atom stereocenters. The summed E-state index contributed by atoms with van der Waals surface area (Å²) >= 11 is 0. The van der Waals surface area contributed by atoms with Gasteiger partial charge >= 0.3 is 0 Å². The zero-order valence-electron chi connectivity index (χ0n) is 18.6. The van der Waals surface area contributed by atoms with Crippen LogP contribution in [0.1, 0.15) is 62.5 Å². The third-order valence-electron chi connectivity index (χ3n) is 8.11. The number of fused-ring (bicyclic) bond motifs is 5. The zero-order valence-corrected chi connectivity index (χ0v) is 18.6. The van der Waals surface area contributed by atoms with Crippen molar-refractivity contribution in [1.82, 2.24) is 10.2 Å². The van der Waals surface area contributed by atoms with Crippen LogP contribution in [0.15, 0.2) is 18.2 Å². The molecule has 30 heavy (non-hydrogen) atoms. The van der Waals surface area contributed by atoms with E-state index in [1.165, 1.54) is 11.1 Å². The van der Waals surface area contributed by atoms with Gasteiger partial charge in [0.25, 0.3) is 0 Å². The highest BCUT2D eigenvalue weighted by Crippen LogP contribution is 2.61. The van der Waals surface area contributed by atoms with Gasteiger partial charge in [-0.1, -0.05) is 13.0 Å². The molecule has 0 radical (unpaired) electrons. The normalized spacial score (nSPS) is 32.5. The van der Waals surface area contributed by atoms with Crippen LogP contribution in [0.4, 0.5) is 0 Å². The molecule has 5 nitrogen and oxygen atoms in total. The van der Waals surface area contributed by atoms with Gasteiger partial charge in [0.05, 0.1) is 0 Å². The fraction of sp³-hybridized carbons (Fsp3) is 0.680. The minimum atomic E-state index is -0.272. The Hall–Kier alpha value is -1.88. The lowest BCUT2D eigenvalue weighted by Crippen LogP contribution is -2.42. The van der Waals surface area contributed by atoms with Crippen molar-refractivity contribution in [2.75, 3.05) is 27.2 Å². The van der Waals surface area contributed by atoms with Crippen LogP contribution >= 0.6 is 0 Å². The highest BCUT2D eigenvalue weighted by atomic mass is 16.3. The lowest BCUT2D eigenvalue weighted by molar-refractivity contribution is -0.134. The molecule has 164 valence electrons. The summed E-state index contributed by atoms with van der Waals surface area (Å²) in [6, 6.07) is 5.82. The summed E-state index contributed by atoms with van der Waals surface area (Å²) in [5.74, 6) is 1.93. The number of amides is 1. The molecule has 1 amide bonds. The molecule has 2 fully saturated rings. The molecule has 1 aromatic rings. The van der Waals surface area contributed by atoms with E-state index < -0.39 is 0 Å². The molecule has 5 heteroatoms. The molecule has 3 aliphatic carbocycles. The van der Waals surface area contributed by atoms with E-state index in [2.05, 4.69) is 23.2 Å². The second-order valence-electron chi connectivity index (χ2n) is 10.3. The van der Waals surface area contributed by atoms with E-state index in [-0.39, 0.29) is 17.2 Å². The molecule has 0 aromatic heterocycles. The Bertz CT molecular complexity index is 821. The highest BCUT2D eigenvalue weighted by molar-refractivity contribution is 5.93. The molecule has 1 unspecified atom stereocenters. The van der Waals surface area contributed by atoms with Crippen molar-refractivity contribution in [3.63, 3.8) is 0 Å². The third-order valence-corrected chi connectivity index (χ3v) is 8.11. The largest absolute Gasteiger partial charge is 0.508 e. The molecule has 0 spiro atoms. The first-order valence-electron chi connectivity index (χ1n) is 11.6. The number of Topliss-reactive ketones (excluding diaryl/α,β-unsaturated/α-hetero) is 1. The number of aryl methyl sites for hydroxylation is 1. The number of hydrogen-bond donors (Lipinski definition) is 2. The second kappa shape index (κ2) is 8.33. The molecule has 1 aromatic carbocycles. The standard InChI is InChI=1S/C25H36N2O3/c1-25-10-9-20-19-8-6-18(28)13-16(19)5-7-21(20)22(25)14-17(24(25)30)15-23(29)26-11-4-12-27(2)3/h6,8,13,17,20-22,28H,4-5,7,9-12,14-15H2,1-3H3,(H,26,29)/t17?,20-,21-,22+,25+/m1/s1. The number of nitrogens with one attached hydrogen (secondary N) is 1. The summed E-state index contributed by atoms with van der Waals surface area (Å²) in [6.07, 6.45) is 6.13. The number of carbonyl (C=O) groups excluding carboxylic acids is 2. The Morgan fingerprint density at radius 2 is 2.10 bits per heavy atom. The average Bonchev–Trinajstić information content (AvgIpc) is 2.95. The fourth-order valence-electron chi connectivity index (χ4n) is 6.60. The number of benzene rings is 1. The average molecular weight is 413 g/mol. The summed E-state index contributed by atoms with van der Waals surface area (Å²) in [5, 5.41) is 12.9. The Morgan fingerprint density at radius 1 is 1.30 bits per heavy atom. The molecule has 0 aliphatic heterocycles. The Kier molecular flexibility index (Phi) is 5.93. The number of nitrogens with zero attached hydrogens (tertiary/aromatic N) is 1. The topological polar surface area (TPSA) is 69.6 Å². The van der Waals surface area contributed by atoms with E-state index in [0.717, 1.165) is 45.1 Å². The van der Waals surface area contributed by atoms with Crippen molar-refractivity contribution in [2.45, 2.75) is 57.8 Å². The SMILES string of the molecule is CN(C)CCCNC(=O)CC1C[C@H]2[C@@H]3CCc4cc(O)ccc4[C@H]3CC[C@]2(C)C1=O. The summed E-state index contributed by atoms with van der Waals surface area (Å²) in [6.45, 7) is 3.79. The third kappa shape index (κ3) is 3.89. The maximum Gasteiger partial charge on any atom is 0.220 e. The second-order valence-corrected chi connectivity index (χ2v) is 10.3. The number of phenols is 1. The predicted molar refractivity (Wildman–Crippen MR) is 117 cm³/mol. The van der Waals surface area contributed by atoms with Gasteiger partial charge in [-0.25, -0.2) is 0 Å². The number of ketones is 1. The summed E-state index contributed by atoms with van der Waals surface area (Å²) < 4.78 is 0. The molecule has 3 aliphatic rings. The van der Waals surface area contributed by atoms with Crippen molar-refractivity contribution in [2.24, 2.45) is 23.2 Å². The van der Waals surface area contributed by atoms with Crippen molar-refractivity contribution in [1.29, 1.82) is 0 Å². The van der Waals surface area contributed by atoms with Gasteiger partial charge in [0, 0.05) is 24.3 Å². The van der Waals surface area contributed by atoms with E-state index in [9.17, 15) is 14.7 Å². The van der Waals surface area contributed by atoms with E-state index in [4.69, 9.17) is 0 Å². The van der Waals surface area contributed by atoms with E-state index >= 15 is 0 Å².